The van der Waals surface area contributed by atoms with Gasteiger partial charge in [-0.2, -0.15) is 0 Å². The average Bonchev–Trinajstić information content (AvgIpc) is 2.60. The van der Waals surface area contributed by atoms with Crippen molar-refractivity contribution in [2.45, 2.75) is 39.7 Å². The van der Waals surface area contributed by atoms with Crippen molar-refractivity contribution in [3.8, 4) is 5.75 Å². The highest BCUT2D eigenvalue weighted by Gasteiger charge is 2.09. The van der Waals surface area contributed by atoms with Crippen LogP contribution in [-0.4, -0.2) is 43.4 Å². The van der Waals surface area contributed by atoms with Crippen LogP contribution in [0.1, 0.15) is 30.5 Å². The summed E-state index contributed by atoms with van der Waals surface area (Å²) in [6, 6.07) is 16.7. The summed E-state index contributed by atoms with van der Waals surface area (Å²) >= 11 is 0. The van der Waals surface area contributed by atoms with Gasteiger partial charge >= 0.3 is 0 Å². The number of aliphatic hydroxyl groups is 1. The molecule has 0 saturated heterocycles. The second-order valence-electron chi connectivity index (χ2n) is 6.32. The smallest absolute Gasteiger partial charge is 0.122 e. The van der Waals surface area contributed by atoms with Crippen LogP contribution in [0, 0.1) is 6.92 Å². The highest BCUT2D eigenvalue weighted by atomic mass is 16.5. The molecule has 0 aromatic heterocycles. The summed E-state index contributed by atoms with van der Waals surface area (Å²) in [7, 11) is 3.89. The molecule has 0 saturated carbocycles. The van der Waals surface area contributed by atoms with Crippen LogP contribution in [0.25, 0.3) is 0 Å². The molecule has 25 heavy (non-hydrogen) atoms. The van der Waals surface area contributed by atoms with Crippen molar-refractivity contribution in [2.24, 2.45) is 0 Å². The van der Waals surface area contributed by atoms with Gasteiger partial charge in [-0.05, 0) is 51.1 Å². The summed E-state index contributed by atoms with van der Waals surface area (Å²) in [6.45, 7) is 7.04. The first-order chi connectivity index (χ1) is 12.0. The van der Waals surface area contributed by atoms with Crippen molar-refractivity contribution in [3.63, 3.8) is 0 Å². The third kappa shape index (κ3) is 8.19. The lowest BCUT2D eigenvalue weighted by Crippen LogP contribution is -2.30. The maximum atomic E-state index is 9.94. The molecule has 138 valence electrons. The van der Waals surface area contributed by atoms with Gasteiger partial charge in [0.15, 0.2) is 0 Å². The maximum absolute atomic E-state index is 9.94. The predicted octanol–water partition coefficient (Wildman–Crippen LogP) is 4.11. The van der Waals surface area contributed by atoms with Gasteiger partial charge in [-0.3, -0.25) is 0 Å². The number of benzene rings is 2. The van der Waals surface area contributed by atoms with Gasteiger partial charge in [0, 0.05) is 6.54 Å². The largest absolute Gasteiger partial charge is 0.491 e. The van der Waals surface area contributed by atoms with Gasteiger partial charge in [-0.15, -0.1) is 0 Å². The zero-order valence-electron chi connectivity index (χ0n) is 16.3. The van der Waals surface area contributed by atoms with Crippen molar-refractivity contribution in [1.82, 2.24) is 4.90 Å². The van der Waals surface area contributed by atoms with E-state index >= 15 is 0 Å². The van der Waals surface area contributed by atoms with Gasteiger partial charge < -0.3 is 14.7 Å². The fraction of sp³-hybridized carbons (Fsp3) is 0.455. The second kappa shape index (κ2) is 11.7. The Hall–Kier alpha value is -1.84. The van der Waals surface area contributed by atoms with Gasteiger partial charge in [0.2, 0.25) is 0 Å². The molecule has 3 heteroatoms. The number of aliphatic hydroxyl groups excluding tert-OH is 1. The van der Waals surface area contributed by atoms with Crippen molar-refractivity contribution >= 4 is 0 Å². The number of nitrogens with zero attached hydrogens (tertiary/aromatic N) is 1. The first-order valence-corrected chi connectivity index (χ1v) is 9.13. The van der Waals surface area contributed by atoms with E-state index in [9.17, 15) is 5.11 Å². The van der Waals surface area contributed by atoms with E-state index in [1.165, 1.54) is 16.7 Å². The highest BCUT2D eigenvalue weighted by molar-refractivity contribution is 5.34. The number of para-hydroxylation sites is 1. The van der Waals surface area contributed by atoms with E-state index < -0.39 is 6.10 Å². The Balaban J connectivity index is 0.00000151. The van der Waals surface area contributed by atoms with E-state index in [0.717, 1.165) is 18.6 Å². The van der Waals surface area contributed by atoms with Gasteiger partial charge in [-0.1, -0.05) is 61.9 Å². The SMILES string of the molecule is CC.Cc1cccc(CCc2ccccc2OCC(O)CN(C)C)c1. The second-order valence-corrected chi connectivity index (χ2v) is 6.32. The summed E-state index contributed by atoms with van der Waals surface area (Å²) in [5, 5.41) is 9.94. The molecule has 0 bridgehead atoms. The summed E-state index contributed by atoms with van der Waals surface area (Å²) in [5.74, 6) is 0.873. The molecular formula is C22H33NO2. The van der Waals surface area contributed by atoms with Gasteiger partial charge in [-0.25, -0.2) is 0 Å². The molecule has 0 aliphatic rings. The van der Waals surface area contributed by atoms with E-state index in [0.29, 0.717) is 13.2 Å². The van der Waals surface area contributed by atoms with Crippen LogP contribution in [0.3, 0.4) is 0 Å². The van der Waals surface area contributed by atoms with Crippen LogP contribution >= 0.6 is 0 Å². The lowest BCUT2D eigenvalue weighted by atomic mass is 10.0. The fourth-order valence-electron chi connectivity index (χ4n) is 2.66. The van der Waals surface area contributed by atoms with Crippen molar-refractivity contribution < 1.29 is 9.84 Å². The molecule has 1 atom stereocenters. The Labute approximate surface area is 153 Å². The predicted molar refractivity (Wildman–Crippen MR) is 106 cm³/mol. The molecule has 0 heterocycles. The lowest BCUT2D eigenvalue weighted by Gasteiger charge is -2.18. The summed E-state index contributed by atoms with van der Waals surface area (Å²) in [4.78, 5) is 1.96. The Kier molecular flexibility index (Phi) is 9.90. The van der Waals surface area contributed by atoms with Crippen LogP contribution in [0.5, 0.6) is 5.75 Å². The normalized spacial score (nSPS) is 11.6. The summed E-state index contributed by atoms with van der Waals surface area (Å²) in [6.07, 6.45) is 1.45. The molecule has 0 aliphatic carbocycles. The van der Waals surface area contributed by atoms with Crippen molar-refractivity contribution in [3.05, 3.63) is 65.2 Å². The van der Waals surface area contributed by atoms with Crippen molar-refractivity contribution in [1.29, 1.82) is 0 Å². The zero-order chi connectivity index (χ0) is 18.7. The van der Waals surface area contributed by atoms with E-state index in [-0.39, 0.29) is 0 Å². The molecule has 0 spiro atoms. The molecule has 0 amide bonds. The van der Waals surface area contributed by atoms with E-state index in [4.69, 9.17) is 4.74 Å². The van der Waals surface area contributed by atoms with Crippen LogP contribution < -0.4 is 4.74 Å². The number of likely N-dealkylation sites (N-methyl/N-ethyl adjacent to an activating group) is 1. The molecule has 2 aromatic rings. The molecular weight excluding hydrogens is 310 g/mol. The van der Waals surface area contributed by atoms with Crippen LogP contribution in [0.15, 0.2) is 48.5 Å². The molecule has 2 aromatic carbocycles. The molecule has 3 nitrogen and oxygen atoms in total. The third-order valence-electron chi connectivity index (χ3n) is 3.75. The minimum absolute atomic E-state index is 0.319. The Morgan fingerprint density at radius 2 is 1.72 bits per heavy atom. The van der Waals surface area contributed by atoms with Gasteiger partial charge in [0.05, 0.1) is 0 Å². The standard InChI is InChI=1S/C20H27NO2.C2H6/c1-16-7-6-8-17(13-16)11-12-18-9-4-5-10-20(18)23-15-19(22)14-21(2)3;1-2/h4-10,13,19,22H,11-12,14-15H2,1-3H3;1-2H3. The first kappa shape index (κ1) is 21.2. The number of ether oxygens (including phenoxy) is 1. The van der Waals surface area contributed by atoms with E-state index in [2.05, 4.69) is 37.3 Å². The number of rotatable bonds is 8. The highest BCUT2D eigenvalue weighted by Crippen LogP contribution is 2.20. The van der Waals surface area contributed by atoms with Crippen molar-refractivity contribution in [2.75, 3.05) is 27.2 Å². The van der Waals surface area contributed by atoms with Gasteiger partial charge in [0.25, 0.3) is 0 Å². The average molecular weight is 344 g/mol. The maximum Gasteiger partial charge on any atom is 0.122 e. The zero-order valence-corrected chi connectivity index (χ0v) is 16.3. The minimum atomic E-state index is -0.477. The lowest BCUT2D eigenvalue weighted by molar-refractivity contribution is 0.0827. The van der Waals surface area contributed by atoms with Crippen LogP contribution in [-0.2, 0) is 12.8 Å². The molecule has 1 N–H and O–H groups in total. The topological polar surface area (TPSA) is 32.7 Å². The van der Waals surface area contributed by atoms with Crippen LogP contribution in [0.2, 0.25) is 0 Å². The van der Waals surface area contributed by atoms with Gasteiger partial charge in [0.1, 0.15) is 18.5 Å². The molecule has 2 rings (SSSR count). The van der Waals surface area contributed by atoms with Crippen LogP contribution in [0.4, 0.5) is 0 Å². The molecule has 0 radical (unpaired) electrons. The molecule has 0 fully saturated rings. The number of hydrogen-bond donors (Lipinski definition) is 1. The minimum Gasteiger partial charge on any atom is -0.491 e. The molecule has 0 aliphatic heterocycles. The number of hydrogen-bond acceptors (Lipinski definition) is 3. The fourth-order valence-corrected chi connectivity index (χ4v) is 2.66. The molecule has 1 unspecified atom stereocenters. The Morgan fingerprint density at radius 1 is 1.00 bits per heavy atom. The number of aryl methyl sites for hydroxylation is 3. The Morgan fingerprint density at radius 3 is 2.40 bits per heavy atom. The quantitative estimate of drug-likeness (QED) is 0.783. The third-order valence-corrected chi connectivity index (χ3v) is 3.75. The monoisotopic (exact) mass is 343 g/mol. The first-order valence-electron chi connectivity index (χ1n) is 9.13. The van der Waals surface area contributed by atoms with E-state index in [1.54, 1.807) is 0 Å². The summed E-state index contributed by atoms with van der Waals surface area (Å²) in [5.41, 5.74) is 3.82. The summed E-state index contributed by atoms with van der Waals surface area (Å²) < 4.78 is 5.84. The van der Waals surface area contributed by atoms with E-state index in [1.807, 2.05) is 51.0 Å². The Bertz CT molecular complexity index is 610.